The van der Waals surface area contributed by atoms with Gasteiger partial charge >= 0.3 is 0 Å². The topological polar surface area (TPSA) is 43.1 Å². The second-order valence-corrected chi connectivity index (χ2v) is 5.07. The van der Waals surface area contributed by atoms with Crippen molar-refractivity contribution in [3.05, 3.63) is 27.7 Å². The summed E-state index contributed by atoms with van der Waals surface area (Å²) in [4.78, 5) is 11.8. The Kier molecular flexibility index (Phi) is 3.41. The molecule has 1 fully saturated rings. The second-order valence-electron chi connectivity index (χ2n) is 4.26. The van der Waals surface area contributed by atoms with E-state index in [4.69, 9.17) is 28.9 Å². The molecule has 0 saturated heterocycles. The van der Waals surface area contributed by atoms with Crippen molar-refractivity contribution >= 4 is 34.7 Å². The number of nitrogens with two attached hydrogens (primary N) is 1. The summed E-state index contributed by atoms with van der Waals surface area (Å²) in [6, 6.07) is 3.19. The SMILES string of the molecule is Nc1c(Cl)cc(C(=O)CCC2CC2)cc1Cl. The predicted molar refractivity (Wildman–Crippen MR) is 67.2 cm³/mol. The van der Waals surface area contributed by atoms with Gasteiger partial charge in [-0.25, -0.2) is 0 Å². The van der Waals surface area contributed by atoms with Crippen LogP contribution in [-0.2, 0) is 0 Å². The van der Waals surface area contributed by atoms with Crippen molar-refractivity contribution in [2.45, 2.75) is 25.7 Å². The van der Waals surface area contributed by atoms with Crippen LogP contribution in [0.25, 0.3) is 0 Å². The van der Waals surface area contributed by atoms with Gasteiger partial charge in [0.1, 0.15) is 0 Å². The van der Waals surface area contributed by atoms with E-state index in [2.05, 4.69) is 0 Å². The maximum Gasteiger partial charge on any atom is 0.162 e. The minimum Gasteiger partial charge on any atom is -0.396 e. The Bertz CT molecular complexity index is 404. The molecule has 0 aromatic heterocycles. The molecule has 0 atom stereocenters. The Labute approximate surface area is 105 Å². The highest BCUT2D eigenvalue weighted by molar-refractivity contribution is 6.39. The number of carbonyl (C=O) groups excluding carboxylic acids is 1. The van der Waals surface area contributed by atoms with Crippen molar-refractivity contribution in [3.8, 4) is 0 Å². The number of carbonyl (C=O) groups is 1. The van der Waals surface area contributed by atoms with Gasteiger partial charge < -0.3 is 5.73 Å². The minimum absolute atomic E-state index is 0.0932. The fourth-order valence-corrected chi connectivity index (χ4v) is 2.12. The largest absolute Gasteiger partial charge is 0.396 e. The van der Waals surface area contributed by atoms with Gasteiger partial charge in [-0.15, -0.1) is 0 Å². The van der Waals surface area contributed by atoms with E-state index in [1.165, 1.54) is 12.8 Å². The Morgan fingerprint density at radius 2 is 1.88 bits per heavy atom. The number of anilines is 1. The molecule has 1 aromatic rings. The zero-order valence-electron chi connectivity index (χ0n) is 8.80. The van der Waals surface area contributed by atoms with Crippen LogP contribution in [0.3, 0.4) is 0 Å². The van der Waals surface area contributed by atoms with Gasteiger partial charge in [0.25, 0.3) is 0 Å². The van der Waals surface area contributed by atoms with E-state index in [-0.39, 0.29) is 5.78 Å². The summed E-state index contributed by atoms with van der Waals surface area (Å²) in [5.41, 5.74) is 6.50. The van der Waals surface area contributed by atoms with Crippen molar-refractivity contribution in [2.24, 2.45) is 5.92 Å². The van der Waals surface area contributed by atoms with E-state index in [1.54, 1.807) is 12.1 Å². The lowest BCUT2D eigenvalue weighted by molar-refractivity contribution is 0.0978. The number of halogens is 2. The Hall–Kier alpha value is -0.730. The molecule has 2 nitrogen and oxygen atoms in total. The van der Waals surface area contributed by atoms with Gasteiger partial charge in [-0.05, 0) is 24.5 Å². The van der Waals surface area contributed by atoms with E-state index in [0.717, 1.165) is 12.3 Å². The average molecular weight is 258 g/mol. The fourth-order valence-electron chi connectivity index (χ4n) is 1.63. The second kappa shape index (κ2) is 4.64. The zero-order chi connectivity index (χ0) is 11.7. The first-order valence-corrected chi connectivity index (χ1v) is 6.11. The molecule has 1 aromatic carbocycles. The molecule has 16 heavy (non-hydrogen) atoms. The molecule has 4 heteroatoms. The van der Waals surface area contributed by atoms with Crippen molar-refractivity contribution in [1.29, 1.82) is 0 Å². The number of hydrogen-bond acceptors (Lipinski definition) is 2. The Morgan fingerprint density at radius 3 is 2.38 bits per heavy atom. The summed E-state index contributed by atoms with van der Waals surface area (Å²) in [6.07, 6.45) is 4.06. The lowest BCUT2D eigenvalue weighted by atomic mass is 10.0. The molecule has 1 aliphatic rings. The van der Waals surface area contributed by atoms with E-state index in [0.29, 0.717) is 27.7 Å². The minimum atomic E-state index is 0.0932. The maximum atomic E-state index is 11.8. The first kappa shape index (κ1) is 11.7. The smallest absolute Gasteiger partial charge is 0.162 e. The predicted octanol–water partition coefficient (Wildman–Crippen LogP) is 3.95. The number of rotatable bonds is 4. The quantitative estimate of drug-likeness (QED) is 0.656. The molecule has 0 aliphatic heterocycles. The normalized spacial score (nSPS) is 15.1. The van der Waals surface area contributed by atoms with Gasteiger partial charge in [0.2, 0.25) is 0 Å². The summed E-state index contributed by atoms with van der Waals surface area (Å²) in [7, 11) is 0. The van der Waals surface area contributed by atoms with Crippen LogP contribution in [0, 0.1) is 5.92 Å². The van der Waals surface area contributed by atoms with Crippen LogP contribution >= 0.6 is 23.2 Å². The highest BCUT2D eigenvalue weighted by Gasteiger charge is 2.22. The van der Waals surface area contributed by atoms with Crippen LogP contribution in [0.2, 0.25) is 10.0 Å². The molecule has 86 valence electrons. The molecule has 1 saturated carbocycles. The summed E-state index contributed by atoms with van der Waals surface area (Å²) in [5, 5.41) is 0.699. The lowest BCUT2D eigenvalue weighted by Gasteiger charge is -2.05. The molecule has 0 bridgehead atoms. The monoisotopic (exact) mass is 257 g/mol. The molecule has 0 unspecified atom stereocenters. The van der Waals surface area contributed by atoms with Crippen LogP contribution in [0.4, 0.5) is 5.69 Å². The molecule has 0 heterocycles. The summed E-state index contributed by atoms with van der Waals surface area (Å²) < 4.78 is 0. The third-order valence-corrected chi connectivity index (χ3v) is 3.50. The van der Waals surface area contributed by atoms with Crippen molar-refractivity contribution in [3.63, 3.8) is 0 Å². The van der Waals surface area contributed by atoms with Gasteiger partial charge in [-0.3, -0.25) is 4.79 Å². The maximum absolute atomic E-state index is 11.8. The fraction of sp³-hybridized carbons (Fsp3) is 0.417. The van der Waals surface area contributed by atoms with Crippen LogP contribution in [0.5, 0.6) is 0 Å². The Balaban J connectivity index is 2.09. The third kappa shape index (κ3) is 2.69. The van der Waals surface area contributed by atoms with E-state index >= 15 is 0 Å². The summed E-state index contributed by atoms with van der Waals surface area (Å²) in [6.45, 7) is 0. The van der Waals surface area contributed by atoms with Gasteiger partial charge in [0.15, 0.2) is 5.78 Å². The van der Waals surface area contributed by atoms with Crippen molar-refractivity contribution < 1.29 is 4.79 Å². The molecular formula is C12H13Cl2NO. The average Bonchev–Trinajstić information content (AvgIpc) is 3.05. The standard InChI is InChI=1S/C12H13Cl2NO/c13-9-5-8(6-10(14)12(9)15)11(16)4-3-7-1-2-7/h5-7H,1-4,15H2. The molecule has 0 spiro atoms. The number of Topliss-reactive ketones (excluding diaryl/α,β-unsaturated/α-hetero) is 1. The number of hydrogen-bond donors (Lipinski definition) is 1. The van der Waals surface area contributed by atoms with Crippen molar-refractivity contribution in [2.75, 3.05) is 5.73 Å². The molecule has 2 rings (SSSR count). The third-order valence-electron chi connectivity index (χ3n) is 2.88. The lowest BCUT2D eigenvalue weighted by Crippen LogP contribution is -2.01. The number of benzene rings is 1. The Morgan fingerprint density at radius 1 is 1.31 bits per heavy atom. The summed E-state index contributed by atoms with van der Waals surface area (Å²) in [5.74, 6) is 0.847. The zero-order valence-corrected chi connectivity index (χ0v) is 10.3. The summed E-state index contributed by atoms with van der Waals surface area (Å²) >= 11 is 11.8. The molecular weight excluding hydrogens is 245 g/mol. The van der Waals surface area contributed by atoms with E-state index in [1.807, 2.05) is 0 Å². The van der Waals surface area contributed by atoms with Gasteiger partial charge in [0.05, 0.1) is 15.7 Å². The van der Waals surface area contributed by atoms with Gasteiger partial charge in [-0.2, -0.15) is 0 Å². The molecule has 2 N–H and O–H groups in total. The molecule has 0 radical (unpaired) electrons. The number of nitrogen functional groups attached to an aromatic ring is 1. The highest BCUT2D eigenvalue weighted by atomic mass is 35.5. The number of ketones is 1. The first-order chi connectivity index (χ1) is 7.58. The van der Waals surface area contributed by atoms with E-state index in [9.17, 15) is 4.79 Å². The van der Waals surface area contributed by atoms with E-state index < -0.39 is 0 Å². The molecule has 1 aliphatic carbocycles. The van der Waals surface area contributed by atoms with Crippen molar-refractivity contribution in [1.82, 2.24) is 0 Å². The van der Waals surface area contributed by atoms with Crippen LogP contribution < -0.4 is 5.73 Å². The van der Waals surface area contributed by atoms with Crippen LogP contribution in [0.15, 0.2) is 12.1 Å². The van der Waals surface area contributed by atoms with Gasteiger partial charge in [-0.1, -0.05) is 36.0 Å². The van der Waals surface area contributed by atoms with Gasteiger partial charge in [0, 0.05) is 12.0 Å². The molecule has 0 amide bonds. The highest BCUT2D eigenvalue weighted by Crippen LogP contribution is 2.34. The first-order valence-electron chi connectivity index (χ1n) is 5.35. The van der Waals surface area contributed by atoms with Crippen LogP contribution in [-0.4, -0.2) is 5.78 Å². The van der Waals surface area contributed by atoms with Crippen LogP contribution in [0.1, 0.15) is 36.0 Å².